The second-order valence-electron chi connectivity index (χ2n) is 5.94. The number of fused-ring (bicyclic) bond motifs is 1. The van der Waals surface area contributed by atoms with Crippen LogP contribution in [0.15, 0.2) is 51.1 Å². The van der Waals surface area contributed by atoms with Gasteiger partial charge in [0.05, 0.1) is 22.5 Å². The number of nitrogens with one attached hydrogen (secondary N) is 2. The number of benzene rings is 1. The van der Waals surface area contributed by atoms with Crippen LogP contribution in [-0.4, -0.2) is 22.8 Å². The van der Waals surface area contributed by atoms with Crippen LogP contribution in [0.4, 0.5) is 0 Å². The molecule has 2 atom stereocenters. The molecule has 0 saturated heterocycles. The van der Waals surface area contributed by atoms with Crippen molar-refractivity contribution < 1.29 is 9.59 Å². The molecule has 2 amide bonds. The number of thiophene rings is 1. The fourth-order valence-electron chi connectivity index (χ4n) is 3.12. The minimum Gasteiger partial charge on any atom is -0.345 e. The highest BCUT2D eigenvalue weighted by atomic mass is 79.9. The predicted molar refractivity (Wildman–Crippen MR) is 106 cm³/mol. The third-order valence-corrected chi connectivity index (χ3v) is 6.57. The van der Waals surface area contributed by atoms with E-state index in [2.05, 4.69) is 31.5 Å². The van der Waals surface area contributed by atoms with Crippen molar-refractivity contribution >= 4 is 50.4 Å². The largest absolute Gasteiger partial charge is 0.345 e. The van der Waals surface area contributed by atoms with Gasteiger partial charge in [-0.05, 0) is 39.5 Å². The first-order valence-corrected chi connectivity index (χ1v) is 10.5. The maximum Gasteiger partial charge on any atom is 0.271 e. The molecule has 1 aromatic carbocycles. The molecule has 0 bridgehead atoms. The molecule has 4 rings (SSSR count). The molecule has 1 aliphatic carbocycles. The van der Waals surface area contributed by atoms with Crippen LogP contribution in [0.1, 0.15) is 37.3 Å². The summed E-state index contributed by atoms with van der Waals surface area (Å²) in [6.07, 6.45) is 0.672. The molecule has 0 spiro atoms. The first kappa shape index (κ1) is 17.4. The molecule has 0 radical (unpaired) electrons. The SMILES string of the molecule is O=C(N[C@@H]1Cc2ccccc2[C@H]1NC(=O)c1cc(Br)cs1)c1cscn1. The fourth-order valence-corrected chi connectivity index (χ4v) is 4.98. The van der Waals surface area contributed by atoms with Crippen LogP contribution in [0.5, 0.6) is 0 Å². The van der Waals surface area contributed by atoms with Gasteiger partial charge in [-0.3, -0.25) is 9.59 Å². The maximum atomic E-state index is 12.6. The fraction of sp³-hybridized carbons (Fsp3) is 0.167. The number of halogens is 1. The Morgan fingerprint density at radius 2 is 2.00 bits per heavy atom. The summed E-state index contributed by atoms with van der Waals surface area (Å²) in [7, 11) is 0. The molecule has 0 fully saturated rings. The molecule has 2 heterocycles. The quantitative estimate of drug-likeness (QED) is 0.638. The van der Waals surface area contributed by atoms with E-state index in [1.54, 1.807) is 17.0 Å². The standard InChI is InChI=1S/C18H14BrN3O2S2/c19-11-6-15(26-7-11)18(24)22-16-12-4-2-1-3-10(12)5-13(16)21-17(23)14-8-25-9-20-14/h1-4,6-9,13,16H,5H2,(H,21,23)(H,22,24)/t13-,16-/m1/s1. The molecule has 2 N–H and O–H groups in total. The van der Waals surface area contributed by atoms with Gasteiger partial charge in [0.25, 0.3) is 11.8 Å². The average Bonchev–Trinajstić information content (AvgIpc) is 3.36. The molecular formula is C18H14BrN3O2S2. The number of carbonyl (C=O) groups is 2. The molecule has 0 aliphatic heterocycles. The lowest BCUT2D eigenvalue weighted by Crippen LogP contribution is -2.44. The number of hydrogen-bond acceptors (Lipinski definition) is 5. The lowest BCUT2D eigenvalue weighted by atomic mass is 10.1. The van der Waals surface area contributed by atoms with Crippen molar-refractivity contribution in [3.63, 3.8) is 0 Å². The molecule has 132 valence electrons. The first-order valence-electron chi connectivity index (χ1n) is 7.93. The third kappa shape index (κ3) is 3.44. The number of rotatable bonds is 4. The van der Waals surface area contributed by atoms with Gasteiger partial charge in [-0.15, -0.1) is 22.7 Å². The van der Waals surface area contributed by atoms with Crippen molar-refractivity contribution in [2.45, 2.75) is 18.5 Å². The number of hydrogen-bond donors (Lipinski definition) is 2. The minimum absolute atomic E-state index is 0.143. The van der Waals surface area contributed by atoms with Crippen molar-refractivity contribution in [3.8, 4) is 0 Å². The van der Waals surface area contributed by atoms with E-state index in [9.17, 15) is 9.59 Å². The van der Waals surface area contributed by atoms with E-state index in [1.165, 1.54) is 22.7 Å². The maximum absolute atomic E-state index is 12.6. The van der Waals surface area contributed by atoms with Gasteiger partial charge in [0, 0.05) is 15.2 Å². The van der Waals surface area contributed by atoms with Crippen molar-refractivity contribution in [1.29, 1.82) is 0 Å². The number of aromatic nitrogens is 1. The molecular weight excluding hydrogens is 434 g/mol. The Hall–Kier alpha value is -2.03. The van der Waals surface area contributed by atoms with Crippen LogP contribution < -0.4 is 10.6 Å². The third-order valence-electron chi connectivity index (χ3n) is 4.29. The average molecular weight is 448 g/mol. The summed E-state index contributed by atoms with van der Waals surface area (Å²) in [4.78, 5) is 29.8. The summed E-state index contributed by atoms with van der Waals surface area (Å²) in [5.74, 6) is -0.363. The van der Waals surface area contributed by atoms with Gasteiger partial charge < -0.3 is 10.6 Å². The molecule has 0 unspecified atom stereocenters. The van der Waals surface area contributed by atoms with Crippen molar-refractivity contribution in [3.05, 3.63) is 72.8 Å². The second kappa shape index (κ2) is 7.30. The van der Waals surface area contributed by atoms with Gasteiger partial charge in [0.2, 0.25) is 0 Å². The topological polar surface area (TPSA) is 71.1 Å². The zero-order chi connectivity index (χ0) is 18.1. The summed E-state index contributed by atoms with van der Waals surface area (Å²) in [5.41, 5.74) is 4.21. The molecule has 1 aliphatic rings. The second-order valence-corrected chi connectivity index (χ2v) is 8.48. The predicted octanol–water partition coefficient (Wildman–Crippen LogP) is 3.79. The van der Waals surface area contributed by atoms with E-state index in [4.69, 9.17) is 0 Å². The normalized spacial score (nSPS) is 18.3. The van der Waals surface area contributed by atoms with Crippen LogP contribution in [-0.2, 0) is 6.42 Å². The smallest absolute Gasteiger partial charge is 0.271 e. The summed E-state index contributed by atoms with van der Waals surface area (Å²) in [6, 6.07) is 9.26. The van der Waals surface area contributed by atoms with Crippen LogP contribution in [0.2, 0.25) is 0 Å². The molecule has 8 heteroatoms. The number of amides is 2. The van der Waals surface area contributed by atoms with E-state index in [1.807, 2.05) is 29.6 Å². The summed E-state index contributed by atoms with van der Waals surface area (Å²) in [6.45, 7) is 0. The molecule has 2 aromatic heterocycles. The van der Waals surface area contributed by atoms with Gasteiger partial charge >= 0.3 is 0 Å². The Morgan fingerprint density at radius 3 is 2.73 bits per heavy atom. The van der Waals surface area contributed by atoms with Crippen LogP contribution in [0.25, 0.3) is 0 Å². The van der Waals surface area contributed by atoms with Crippen LogP contribution >= 0.6 is 38.6 Å². The Bertz CT molecular complexity index is 955. The lowest BCUT2D eigenvalue weighted by molar-refractivity contribution is 0.0887. The Kier molecular flexibility index (Phi) is 4.88. The monoisotopic (exact) mass is 447 g/mol. The Morgan fingerprint density at radius 1 is 1.15 bits per heavy atom. The molecule has 26 heavy (non-hydrogen) atoms. The Balaban J connectivity index is 1.57. The zero-order valence-corrected chi connectivity index (χ0v) is 16.7. The highest BCUT2D eigenvalue weighted by molar-refractivity contribution is 9.10. The first-order chi connectivity index (χ1) is 12.6. The van der Waals surface area contributed by atoms with E-state index in [0.717, 1.165) is 15.6 Å². The number of thiazole rings is 1. The van der Waals surface area contributed by atoms with Crippen LogP contribution in [0, 0.1) is 0 Å². The summed E-state index contributed by atoms with van der Waals surface area (Å²) < 4.78 is 0.882. The van der Waals surface area contributed by atoms with Gasteiger partial charge in [0.1, 0.15) is 5.69 Å². The van der Waals surface area contributed by atoms with Crippen molar-refractivity contribution in [1.82, 2.24) is 15.6 Å². The molecule has 3 aromatic rings. The molecule has 0 saturated carbocycles. The Labute approximate surface area is 166 Å². The van der Waals surface area contributed by atoms with Gasteiger partial charge in [0.15, 0.2) is 0 Å². The highest BCUT2D eigenvalue weighted by Gasteiger charge is 2.35. The van der Waals surface area contributed by atoms with Gasteiger partial charge in [-0.1, -0.05) is 24.3 Å². The minimum atomic E-state index is -0.276. The lowest BCUT2D eigenvalue weighted by Gasteiger charge is -2.22. The van der Waals surface area contributed by atoms with Crippen molar-refractivity contribution in [2.75, 3.05) is 0 Å². The molecule has 5 nitrogen and oxygen atoms in total. The zero-order valence-electron chi connectivity index (χ0n) is 13.4. The van der Waals surface area contributed by atoms with E-state index < -0.39 is 0 Å². The summed E-state index contributed by atoms with van der Waals surface area (Å²) >= 11 is 6.13. The highest BCUT2D eigenvalue weighted by Crippen LogP contribution is 2.32. The van der Waals surface area contributed by atoms with Gasteiger partial charge in [-0.2, -0.15) is 0 Å². The van der Waals surface area contributed by atoms with Gasteiger partial charge in [-0.25, -0.2) is 4.98 Å². The summed E-state index contributed by atoms with van der Waals surface area (Å²) in [5, 5.41) is 9.70. The van der Waals surface area contributed by atoms with Crippen LogP contribution in [0.3, 0.4) is 0 Å². The van der Waals surface area contributed by atoms with E-state index in [-0.39, 0.29) is 23.9 Å². The number of carbonyl (C=O) groups excluding carboxylic acids is 2. The van der Waals surface area contributed by atoms with Crippen molar-refractivity contribution in [2.24, 2.45) is 0 Å². The number of nitrogens with zero attached hydrogens (tertiary/aromatic N) is 1. The van der Waals surface area contributed by atoms with E-state index in [0.29, 0.717) is 17.0 Å². The van der Waals surface area contributed by atoms with E-state index >= 15 is 0 Å².